The predicted molar refractivity (Wildman–Crippen MR) is 73.6 cm³/mol. The Balaban J connectivity index is 1.79. The topological polar surface area (TPSA) is 83.8 Å². The lowest BCUT2D eigenvalue weighted by molar-refractivity contribution is -0.384. The number of nitrogens with zero attached hydrogens (tertiary/aromatic N) is 2. The van der Waals surface area contributed by atoms with Crippen LogP contribution in [0, 0.1) is 15.5 Å². The average molecular weight is 281 g/mol. The summed E-state index contributed by atoms with van der Waals surface area (Å²) in [6, 6.07) is 4.58. The van der Waals surface area contributed by atoms with Gasteiger partial charge in [-0.3, -0.25) is 10.1 Å². The van der Waals surface area contributed by atoms with Gasteiger partial charge in [0.25, 0.3) is 5.69 Å². The van der Waals surface area contributed by atoms with Crippen molar-refractivity contribution in [2.24, 2.45) is 5.41 Å². The number of anilines is 1. The number of nitro benzene ring substituents is 1. The lowest BCUT2D eigenvalue weighted by Gasteiger charge is -2.10. The third-order valence-corrected chi connectivity index (χ3v) is 4.11. The molecule has 1 fully saturated rings. The summed E-state index contributed by atoms with van der Waals surface area (Å²) >= 11 is 5.91. The molecule has 1 aromatic heterocycles. The van der Waals surface area contributed by atoms with E-state index >= 15 is 0 Å². The van der Waals surface area contributed by atoms with Crippen LogP contribution < -0.4 is 5.32 Å². The molecule has 3 rings (SSSR count). The van der Waals surface area contributed by atoms with E-state index < -0.39 is 4.92 Å². The van der Waals surface area contributed by atoms with Crippen LogP contribution in [0.3, 0.4) is 0 Å². The second kappa shape index (κ2) is 4.38. The number of benzene rings is 1. The number of hydrogen-bond donors (Lipinski definition) is 2. The molecule has 0 spiro atoms. The summed E-state index contributed by atoms with van der Waals surface area (Å²) in [5.74, 6) is 1.28. The van der Waals surface area contributed by atoms with Crippen molar-refractivity contribution in [1.82, 2.24) is 9.97 Å². The first-order valence-corrected chi connectivity index (χ1v) is 6.59. The van der Waals surface area contributed by atoms with Crippen LogP contribution in [0.5, 0.6) is 0 Å². The second-order valence-electron chi connectivity index (χ2n) is 5.03. The first kappa shape index (κ1) is 12.2. The summed E-state index contributed by atoms with van der Waals surface area (Å²) < 4.78 is 0. The van der Waals surface area contributed by atoms with Gasteiger partial charge in [0.05, 0.1) is 16.0 Å². The van der Waals surface area contributed by atoms with E-state index in [0.29, 0.717) is 22.9 Å². The Morgan fingerprint density at radius 2 is 2.32 bits per heavy atom. The maximum Gasteiger partial charge on any atom is 0.271 e. The molecule has 0 unspecified atom stereocenters. The fourth-order valence-electron chi connectivity index (χ4n) is 2.00. The third kappa shape index (κ3) is 2.35. The van der Waals surface area contributed by atoms with Gasteiger partial charge in [-0.05, 0) is 18.9 Å². The zero-order valence-corrected chi connectivity index (χ0v) is 10.9. The highest BCUT2D eigenvalue weighted by molar-refractivity contribution is 6.18. The van der Waals surface area contributed by atoms with Crippen LogP contribution in [-0.2, 0) is 0 Å². The first-order valence-electron chi connectivity index (χ1n) is 6.06. The number of aromatic nitrogens is 2. The molecular formula is C12H13ClN4O2. The Morgan fingerprint density at radius 1 is 1.53 bits per heavy atom. The number of fused-ring (bicyclic) bond motifs is 1. The number of non-ortho nitro benzene ring substituents is 1. The van der Waals surface area contributed by atoms with Gasteiger partial charge >= 0.3 is 0 Å². The standard InChI is InChI=1S/C12H13ClN4O2/c13-6-12(3-4-12)7-14-11-15-9-2-1-8(17(18)19)5-10(9)16-11/h1-2,5H,3-4,6-7H2,(H2,14,15,16). The molecule has 0 bridgehead atoms. The predicted octanol–water partition coefficient (Wildman–Crippen LogP) is 2.90. The van der Waals surface area contributed by atoms with E-state index in [-0.39, 0.29) is 11.1 Å². The third-order valence-electron chi connectivity index (χ3n) is 3.55. The van der Waals surface area contributed by atoms with Crippen LogP contribution in [0.25, 0.3) is 11.0 Å². The molecule has 1 aliphatic rings. The van der Waals surface area contributed by atoms with Crippen molar-refractivity contribution < 1.29 is 4.92 Å². The largest absolute Gasteiger partial charge is 0.355 e. The van der Waals surface area contributed by atoms with Gasteiger partial charge in [0.1, 0.15) is 0 Å². The zero-order chi connectivity index (χ0) is 13.5. The molecule has 0 amide bonds. The lowest BCUT2D eigenvalue weighted by atomic mass is 10.1. The molecule has 0 radical (unpaired) electrons. The van der Waals surface area contributed by atoms with Crippen molar-refractivity contribution in [3.05, 3.63) is 28.3 Å². The quantitative estimate of drug-likeness (QED) is 0.501. The van der Waals surface area contributed by atoms with Crippen molar-refractivity contribution in [2.45, 2.75) is 12.8 Å². The summed E-state index contributed by atoms with van der Waals surface area (Å²) in [4.78, 5) is 17.7. The van der Waals surface area contributed by atoms with E-state index in [2.05, 4.69) is 15.3 Å². The summed E-state index contributed by atoms with van der Waals surface area (Å²) in [6.07, 6.45) is 2.27. The van der Waals surface area contributed by atoms with Gasteiger partial charge in [0.2, 0.25) is 5.95 Å². The van der Waals surface area contributed by atoms with E-state index in [0.717, 1.165) is 19.4 Å². The number of hydrogen-bond acceptors (Lipinski definition) is 4. The van der Waals surface area contributed by atoms with Crippen molar-refractivity contribution in [1.29, 1.82) is 0 Å². The molecule has 1 aliphatic carbocycles. The van der Waals surface area contributed by atoms with Gasteiger partial charge in [-0.25, -0.2) is 4.98 Å². The molecule has 6 nitrogen and oxygen atoms in total. The summed E-state index contributed by atoms with van der Waals surface area (Å²) in [6.45, 7) is 0.776. The zero-order valence-electron chi connectivity index (χ0n) is 10.1. The van der Waals surface area contributed by atoms with E-state index in [1.165, 1.54) is 12.1 Å². The smallest absolute Gasteiger partial charge is 0.271 e. The Bertz CT molecular complexity index is 636. The normalized spacial score (nSPS) is 16.5. The van der Waals surface area contributed by atoms with Gasteiger partial charge in [-0.2, -0.15) is 0 Å². The number of nitro groups is 1. The minimum absolute atomic E-state index is 0.0575. The number of alkyl halides is 1. The molecule has 2 N–H and O–H groups in total. The summed E-state index contributed by atoms with van der Waals surface area (Å²) in [5, 5.41) is 13.9. The van der Waals surface area contributed by atoms with E-state index in [1.807, 2.05) is 0 Å². The van der Waals surface area contributed by atoms with Crippen LogP contribution in [0.4, 0.5) is 11.6 Å². The second-order valence-corrected chi connectivity index (χ2v) is 5.30. The molecule has 2 aromatic rings. The molecule has 100 valence electrons. The van der Waals surface area contributed by atoms with Crippen LogP contribution in [0.1, 0.15) is 12.8 Å². The maximum absolute atomic E-state index is 10.7. The van der Waals surface area contributed by atoms with Gasteiger partial charge < -0.3 is 10.3 Å². The van der Waals surface area contributed by atoms with E-state index in [4.69, 9.17) is 11.6 Å². The summed E-state index contributed by atoms with van der Waals surface area (Å²) in [7, 11) is 0. The van der Waals surface area contributed by atoms with Gasteiger partial charge in [-0.1, -0.05) is 0 Å². The average Bonchev–Trinajstić information content (AvgIpc) is 3.07. The van der Waals surface area contributed by atoms with Crippen molar-refractivity contribution >= 4 is 34.3 Å². The number of imidazole rings is 1. The molecule has 0 aliphatic heterocycles. The van der Waals surface area contributed by atoms with E-state index in [1.54, 1.807) is 6.07 Å². The molecule has 19 heavy (non-hydrogen) atoms. The van der Waals surface area contributed by atoms with Gasteiger partial charge in [0.15, 0.2) is 0 Å². The fourth-order valence-corrected chi connectivity index (χ4v) is 2.36. The van der Waals surface area contributed by atoms with Crippen LogP contribution in [0.15, 0.2) is 18.2 Å². The highest BCUT2D eigenvalue weighted by Crippen LogP contribution is 2.46. The molecular weight excluding hydrogens is 268 g/mol. The first-order chi connectivity index (χ1) is 9.12. The number of rotatable bonds is 5. The van der Waals surface area contributed by atoms with Gasteiger partial charge in [0, 0.05) is 30.0 Å². The maximum atomic E-state index is 10.7. The molecule has 7 heteroatoms. The Labute approximate surface area is 114 Å². The fraction of sp³-hybridized carbons (Fsp3) is 0.417. The van der Waals surface area contributed by atoms with E-state index in [9.17, 15) is 10.1 Å². The van der Waals surface area contributed by atoms with Crippen molar-refractivity contribution in [2.75, 3.05) is 17.7 Å². The number of nitrogens with one attached hydrogen (secondary N) is 2. The molecule has 1 saturated carbocycles. The molecule has 0 atom stereocenters. The Kier molecular flexibility index (Phi) is 2.82. The SMILES string of the molecule is O=[N+]([O-])c1ccc2nc(NCC3(CCl)CC3)[nH]c2c1. The van der Waals surface area contributed by atoms with Gasteiger partial charge in [-0.15, -0.1) is 11.6 Å². The Hall–Kier alpha value is -1.82. The highest BCUT2D eigenvalue weighted by Gasteiger charge is 2.41. The van der Waals surface area contributed by atoms with Crippen LogP contribution in [-0.4, -0.2) is 27.3 Å². The monoisotopic (exact) mass is 280 g/mol. The number of aromatic amines is 1. The van der Waals surface area contributed by atoms with Crippen LogP contribution in [0.2, 0.25) is 0 Å². The van der Waals surface area contributed by atoms with Crippen LogP contribution >= 0.6 is 11.6 Å². The van der Waals surface area contributed by atoms with Crippen molar-refractivity contribution in [3.63, 3.8) is 0 Å². The van der Waals surface area contributed by atoms with Crippen molar-refractivity contribution in [3.8, 4) is 0 Å². The summed E-state index contributed by atoms with van der Waals surface area (Å²) in [5.41, 5.74) is 1.63. The Morgan fingerprint density at radius 3 is 2.95 bits per heavy atom. The lowest BCUT2D eigenvalue weighted by Crippen LogP contribution is -2.17. The number of H-pyrrole nitrogens is 1. The molecule has 0 saturated heterocycles. The molecule has 1 aromatic carbocycles. The minimum atomic E-state index is -0.417. The highest BCUT2D eigenvalue weighted by atomic mass is 35.5. The minimum Gasteiger partial charge on any atom is -0.355 e. The number of halogens is 1. The molecule has 1 heterocycles.